The van der Waals surface area contributed by atoms with E-state index in [0.717, 1.165) is 18.9 Å². The van der Waals surface area contributed by atoms with E-state index in [2.05, 4.69) is 45.1 Å². The fourth-order valence-electron chi connectivity index (χ4n) is 1.90. The molecule has 1 aromatic heterocycles. The molecular formula is C14H24BrN3O. The second-order valence-corrected chi connectivity index (χ2v) is 5.98. The van der Waals surface area contributed by atoms with Crippen LogP contribution in [-0.4, -0.2) is 21.6 Å². The van der Waals surface area contributed by atoms with Gasteiger partial charge in [0, 0.05) is 6.54 Å². The molecule has 0 aliphatic rings. The van der Waals surface area contributed by atoms with E-state index in [9.17, 15) is 5.11 Å². The Morgan fingerprint density at radius 2 is 2.00 bits per heavy atom. The number of hydrogen-bond acceptors (Lipinski definition) is 4. The molecular weight excluding hydrogens is 306 g/mol. The average Bonchev–Trinajstić information content (AvgIpc) is 2.38. The molecule has 4 nitrogen and oxygen atoms in total. The minimum Gasteiger partial charge on any atom is -0.390 e. The van der Waals surface area contributed by atoms with Crippen molar-refractivity contribution in [3.8, 4) is 0 Å². The molecule has 2 N–H and O–H groups in total. The Labute approximate surface area is 124 Å². The first-order chi connectivity index (χ1) is 9.13. The Morgan fingerprint density at radius 1 is 1.26 bits per heavy atom. The first-order valence-electron chi connectivity index (χ1n) is 6.99. The largest absolute Gasteiger partial charge is 0.390 e. The van der Waals surface area contributed by atoms with Crippen LogP contribution >= 0.6 is 15.9 Å². The van der Waals surface area contributed by atoms with E-state index >= 15 is 0 Å². The van der Waals surface area contributed by atoms with Gasteiger partial charge in [-0.2, -0.15) is 0 Å². The molecule has 1 heterocycles. The van der Waals surface area contributed by atoms with Crippen molar-refractivity contribution in [1.29, 1.82) is 0 Å². The number of unbranched alkanes of at least 4 members (excludes halogenated alkanes) is 3. The second-order valence-electron chi connectivity index (χ2n) is 5.17. The van der Waals surface area contributed by atoms with Gasteiger partial charge in [0.2, 0.25) is 0 Å². The van der Waals surface area contributed by atoms with E-state index in [1.165, 1.54) is 25.7 Å². The van der Waals surface area contributed by atoms with Crippen LogP contribution in [0.5, 0.6) is 0 Å². The lowest BCUT2D eigenvalue weighted by Crippen LogP contribution is -2.08. The fraction of sp³-hybridized carbons (Fsp3) is 0.714. The molecule has 108 valence electrons. The van der Waals surface area contributed by atoms with E-state index in [1.807, 2.05) is 0 Å². The van der Waals surface area contributed by atoms with Crippen LogP contribution in [0.25, 0.3) is 0 Å². The summed E-state index contributed by atoms with van der Waals surface area (Å²) in [5.41, 5.74) is 0.592. The van der Waals surface area contributed by atoms with Crippen molar-refractivity contribution >= 4 is 21.7 Å². The first kappa shape index (κ1) is 16.4. The van der Waals surface area contributed by atoms with E-state index in [1.54, 1.807) is 6.20 Å². The third-order valence-electron chi connectivity index (χ3n) is 2.97. The van der Waals surface area contributed by atoms with Gasteiger partial charge in [-0.05, 0) is 28.3 Å². The molecule has 0 radical (unpaired) electrons. The topological polar surface area (TPSA) is 58.0 Å². The minimum absolute atomic E-state index is 0.0941. The molecule has 0 saturated heterocycles. The molecule has 0 aliphatic heterocycles. The molecule has 5 heteroatoms. The Hall–Kier alpha value is -0.680. The average molecular weight is 330 g/mol. The summed E-state index contributed by atoms with van der Waals surface area (Å²) in [7, 11) is 0. The van der Waals surface area contributed by atoms with Crippen LogP contribution in [0.2, 0.25) is 0 Å². The molecule has 1 rings (SSSR count). The van der Waals surface area contributed by atoms with Crippen molar-refractivity contribution in [1.82, 2.24) is 9.97 Å². The van der Waals surface area contributed by atoms with Gasteiger partial charge in [0.1, 0.15) is 16.1 Å². The Kier molecular flexibility index (Phi) is 7.98. The number of nitrogens with zero attached hydrogens (tertiary/aromatic N) is 2. The summed E-state index contributed by atoms with van der Waals surface area (Å²) < 4.78 is 0.649. The number of nitrogens with one attached hydrogen (secondary N) is 1. The van der Waals surface area contributed by atoms with Gasteiger partial charge in [-0.25, -0.2) is 9.97 Å². The molecule has 1 aromatic rings. The van der Waals surface area contributed by atoms with Gasteiger partial charge in [-0.15, -0.1) is 0 Å². The molecule has 0 aromatic carbocycles. The summed E-state index contributed by atoms with van der Waals surface area (Å²) in [6.45, 7) is 5.32. The minimum atomic E-state index is -0.0941. The molecule has 0 fully saturated rings. The van der Waals surface area contributed by atoms with Crippen molar-refractivity contribution in [3.05, 3.63) is 16.5 Å². The summed E-state index contributed by atoms with van der Waals surface area (Å²) in [5, 5.41) is 12.4. The lowest BCUT2D eigenvalue weighted by atomic mass is 10.0. The van der Waals surface area contributed by atoms with Crippen molar-refractivity contribution < 1.29 is 5.11 Å². The highest BCUT2D eigenvalue weighted by Gasteiger charge is 2.04. The number of rotatable bonds is 9. The maximum Gasteiger partial charge on any atom is 0.150 e. The standard InChI is InChI=1S/C14H24BrN3O/c1-11(2)7-5-3-4-6-8-16-14-12(10-19)18-13(15)9-17-14/h9,11,19H,3-8,10H2,1-2H3,(H,16,17). The van der Waals surface area contributed by atoms with Crippen molar-refractivity contribution in [2.24, 2.45) is 5.92 Å². The van der Waals surface area contributed by atoms with E-state index < -0.39 is 0 Å². The van der Waals surface area contributed by atoms with E-state index in [0.29, 0.717) is 16.1 Å². The van der Waals surface area contributed by atoms with Crippen LogP contribution in [0.4, 0.5) is 5.82 Å². The lowest BCUT2D eigenvalue weighted by molar-refractivity contribution is 0.277. The summed E-state index contributed by atoms with van der Waals surface area (Å²) in [4.78, 5) is 8.41. The highest BCUT2D eigenvalue weighted by Crippen LogP contribution is 2.14. The quantitative estimate of drug-likeness (QED) is 0.677. The summed E-state index contributed by atoms with van der Waals surface area (Å²) in [6.07, 6.45) is 7.93. The number of halogens is 1. The van der Waals surface area contributed by atoms with Gasteiger partial charge in [-0.3, -0.25) is 0 Å². The van der Waals surface area contributed by atoms with Crippen LogP contribution in [0.1, 0.15) is 51.6 Å². The van der Waals surface area contributed by atoms with E-state index in [4.69, 9.17) is 0 Å². The first-order valence-corrected chi connectivity index (χ1v) is 7.79. The molecule has 0 aliphatic carbocycles. The number of aromatic nitrogens is 2. The predicted molar refractivity (Wildman–Crippen MR) is 82.1 cm³/mol. The number of hydrogen-bond donors (Lipinski definition) is 2. The van der Waals surface area contributed by atoms with Crippen molar-refractivity contribution in [2.75, 3.05) is 11.9 Å². The predicted octanol–water partition coefficient (Wildman–Crippen LogP) is 3.75. The normalized spacial score (nSPS) is 11.0. The maximum absolute atomic E-state index is 9.20. The van der Waals surface area contributed by atoms with Crippen molar-refractivity contribution in [3.63, 3.8) is 0 Å². The third kappa shape index (κ3) is 6.87. The zero-order valence-electron chi connectivity index (χ0n) is 11.8. The second kappa shape index (κ2) is 9.26. The Morgan fingerprint density at radius 3 is 2.68 bits per heavy atom. The summed E-state index contributed by atoms with van der Waals surface area (Å²) in [6, 6.07) is 0. The number of anilines is 1. The van der Waals surface area contributed by atoms with Crippen LogP contribution in [0.3, 0.4) is 0 Å². The van der Waals surface area contributed by atoms with Gasteiger partial charge >= 0.3 is 0 Å². The summed E-state index contributed by atoms with van der Waals surface area (Å²) in [5.74, 6) is 1.50. The van der Waals surface area contributed by atoms with Crippen LogP contribution in [0, 0.1) is 5.92 Å². The molecule has 0 bridgehead atoms. The van der Waals surface area contributed by atoms with Crippen LogP contribution in [0.15, 0.2) is 10.8 Å². The molecule has 0 atom stereocenters. The Bertz CT molecular complexity index is 372. The molecule has 0 spiro atoms. The molecule has 19 heavy (non-hydrogen) atoms. The molecule has 0 unspecified atom stereocenters. The smallest absolute Gasteiger partial charge is 0.150 e. The monoisotopic (exact) mass is 329 g/mol. The number of aliphatic hydroxyl groups excluding tert-OH is 1. The fourth-order valence-corrected chi connectivity index (χ4v) is 2.22. The van der Waals surface area contributed by atoms with Gasteiger partial charge in [-0.1, -0.05) is 39.5 Å². The van der Waals surface area contributed by atoms with E-state index in [-0.39, 0.29) is 6.61 Å². The molecule has 0 saturated carbocycles. The highest BCUT2D eigenvalue weighted by molar-refractivity contribution is 9.10. The zero-order valence-corrected chi connectivity index (χ0v) is 13.4. The Balaban J connectivity index is 2.19. The zero-order chi connectivity index (χ0) is 14.1. The molecule has 0 amide bonds. The maximum atomic E-state index is 9.20. The van der Waals surface area contributed by atoms with Crippen LogP contribution in [-0.2, 0) is 6.61 Å². The van der Waals surface area contributed by atoms with Gasteiger partial charge < -0.3 is 10.4 Å². The van der Waals surface area contributed by atoms with Gasteiger partial charge in [0.15, 0.2) is 0 Å². The van der Waals surface area contributed by atoms with Crippen molar-refractivity contribution in [2.45, 2.75) is 52.6 Å². The SMILES string of the molecule is CC(C)CCCCCCNc1ncc(Br)nc1CO. The third-order valence-corrected chi connectivity index (χ3v) is 3.35. The van der Waals surface area contributed by atoms with Gasteiger partial charge in [0.25, 0.3) is 0 Å². The highest BCUT2D eigenvalue weighted by atomic mass is 79.9. The number of aliphatic hydroxyl groups is 1. The summed E-state index contributed by atoms with van der Waals surface area (Å²) >= 11 is 3.25. The van der Waals surface area contributed by atoms with Crippen LogP contribution < -0.4 is 5.32 Å². The lowest BCUT2D eigenvalue weighted by Gasteiger charge is -2.09. The van der Waals surface area contributed by atoms with Gasteiger partial charge in [0.05, 0.1) is 12.8 Å².